The van der Waals surface area contributed by atoms with Gasteiger partial charge >= 0.3 is 6.03 Å². The molecule has 0 fully saturated rings. The molecule has 0 aromatic heterocycles. The summed E-state index contributed by atoms with van der Waals surface area (Å²) in [5.74, 6) is 0.745. The summed E-state index contributed by atoms with van der Waals surface area (Å²) < 4.78 is 5.42. The van der Waals surface area contributed by atoms with Gasteiger partial charge in [0.2, 0.25) is 0 Å². The Morgan fingerprint density at radius 1 is 1.24 bits per heavy atom. The van der Waals surface area contributed by atoms with Crippen molar-refractivity contribution in [3.63, 3.8) is 0 Å². The molecular weight excluding hydrogens is 218 g/mol. The van der Waals surface area contributed by atoms with Crippen LogP contribution >= 0.6 is 0 Å². The van der Waals surface area contributed by atoms with Crippen LogP contribution < -0.4 is 21.1 Å². The summed E-state index contributed by atoms with van der Waals surface area (Å²) >= 11 is 0. The van der Waals surface area contributed by atoms with Gasteiger partial charge in [0.25, 0.3) is 0 Å². The summed E-state index contributed by atoms with van der Waals surface area (Å²) in [6.07, 6.45) is 0.926. The molecule has 0 bridgehead atoms. The van der Waals surface area contributed by atoms with Crippen LogP contribution in [0.1, 0.15) is 13.3 Å². The topological polar surface area (TPSA) is 76.4 Å². The van der Waals surface area contributed by atoms with E-state index >= 15 is 0 Å². The molecule has 5 nitrogen and oxygen atoms in total. The molecule has 17 heavy (non-hydrogen) atoms. The van der Waals surface area contributed by atoms with Crippen LogP contribution in [0.4, 0.5) is 10.5 Å². The molecule has 1 aromatic carbocycles. The zero-order valence-corrected chi connectivity index (χ0v) is 10.0. The van der Waals surface area contributed by atoms with Crippen molar-refractivity contribution in [3.05, 3.63) is 24.3 Å². The molecule has 0 atom stereocenters. The number of hydrogen-bond acceptors (Lipinski definition) is 3. The van der Waals surface area contributed by atoms with E-state index in [4.69, 9.17) is 10.5 Å². The lowest BCUT2D eigenvalue weighted by molar-refractivity contribution is 0.236. The maximum atomic E-state index is 11.2. The minimum absolute atomic E-state index is 0.159. The van der Waals surface area contributed by atoms with Crippen molar-refractivity contribution in [2.24, 2.45) is 0 Å². The average molecular weight is 237 g/mol. The highest BCUT2D eigenvalue weighted by Crippen LogP contribution is 2.12. The van der Waals surface area contributed by atoms with Crippen LogP contribution in [0.3, 0.4) is 0 Å². The summed E-state index contributed by atoms with van der Waals surface area (Å²) in [5, 5.41) is 5.42. The zero-order chi connectivity index (χ0) is 12.5. The molecule has 0 radical (unpaired) electrons. The first-order chi connectivity index (χ1) is 8.22. The van der Waals surface area contributed by atoms with E-state index in [1.165, 1.54) is 0 Å². The van der Waals surface area contributed by atoms with Gasteiger partial charge in [0, 0.05) is 12.2 Å². The number of nitrogens with two attached hydrogens (primary N) is 1. The molecule has 0 unspecified atom stereocenters. The van der Waals surface area contributed by atoms with Gasteiger partial charge < -0.3 is 21.1 Å². The number of nitrogens with one attached hydrogen (secondary N) is 2. The van der Waals surface area contributed by atoms with Crippen molar-refractivity contribution in [1.29, 1.82) is 0 Å². The second kappa shape index (κ2) is 7.38. The van der Waals surface area contributed by atoms with Gasteiger partial charge in [0.15, 0.2) is 0 Å². The van der Waals surface area contributed by atoms with E-state index in [0.29, 0.717) is 25.4 Å². The first-order valence-corrected chi connectivity index (χ1v) is 5.72. The van der Waals surface area contributed by atoms with Crippen LogP contribution in [0, 0.1) is 0 Å². The van der Waals surface area contributed by atoms with Gasteiger partial charge in [-0.25, -0.2) is 4.79 Å². The third-order valence-electron chi connectivity index (χ3n) is 2.07. The minimum Gasteiger partial charge on any atom is -0.492 e. The molecule has 2 amide bonds. The van der Waals surface area contributed by atoms with Crippen LogP contribution in [0.25, 0.3) is 0 Å². The maximum absolute atomic E-state index is 11.2. The highest BCUT2D eigenvalue weighted by atomic mass is 16.5. The summed E-state index contributed by atoms with van der Waals surface area (Å²) in [5.41, 5.74) is 6.25. The van der Waals surface area contributed by atoms with E-state index < -0.39 is 0 Å². The molecule has 0 aliphatic rings. The first-order valence-electron chi connectivity index (χ1n) is 5.72. The Labute approximate surface area is 101 Å². The standard InChI is InChI=1S/C12H19N3O2/c1-2-7-14-12(16)15-8-9-17-11-5-3-10(13)4-6-11/h3-6H,2,7-9,13H2,1H3,(H2,14,15,16). The number of anilines is 1. The lowest BCUT2D eigenvalue weighted by Crippen LogP contribution is -2.37. The molecule has 4 N–H and O–H groups in total. The Hall–Kier alpha value is -1.91. The molecule has 0 heterocycles. The van der Waals surface area contributed by atoms with Gasteiger partial charge in [-0.05, 0) is 30.7 Å². The normalized spacial score (nSPS) is 9.71. The van der Waals surface area contributed by atoms with E-state index in [9.17, 15) is 4.79 Å². The molecular formula is C12H19N3O2. The third kappa shape index (κ3) is 5.65. The van der Waals surface area contributed by atoms with Crippen molar-refractivity contribution in [2.75, 3.05) is 25.4 Å². The van der Waals surface area contributed by atoms with E-state index in [1.54, 1.807) is 24.3 Å². The lowest BCUT2D eigenvalue weighted by atomic mass is 10.3. The molecule has 0 spiro atoms. The summed E-state index contributed by atoms with van der Waals surface area (Å²) in [7, 11) is 0. The van der Waals surface area contributed by atoms with Gasteiger partial charge in [-0.2, -0.15) is 0 Å². The van der Waals surface area contributed by atoms with E-state index in [-0.39, 0.29) is 6.03 Å². The quantitative estimate of drug-likeness (QED) is 0.516. The number of benzene rings is 1. The van der Waals surface area contributed by atoms with Crippen molar-refractivity contribution < 1.29 is 9.53 Å². The third-order valence-corrected chi connectivity index (χ3v) is 2.07. The van der Waals surface area contributed by atoms with Gasteiger partial charge in [-0.1, -0.05) is 6.92 Å². The Balaban J connectivity index is 2.11. The lowest BCUT2D eigenvalue weighted by Gasteiger charge is -2.08. The van der Waals surface area contributed by atoms with Crippen LogP contribution in [0.2, 0.25) is 0 Å². The van der Waals surface area contributed by atoms with E-state index in [2.05, 4.69) is 10.6 Å². The van der Waals surface area contributed by atoms with E-state index in [0.717, 1.165) is 12.2 Å². The average Bonchev–Trinajstić information content (AvgIpc) is 2.34. The molecule has 0 aliphatic carbocycles. The predicted octanol–water partition coefficient (Wildman–Crippen LogP) is 1.36. The molecule has 0 saturated heterocycles. The number of rotatable bonds is 6. The smallest absolute Gasteiger partial charge is 0.314 e. The first kappa shape index (κ1) is 13.2. The second-order valence-electron chi connectivity index (χ2n) is 3.60. The van der Waals surface area contributed by atoms with Gasteiger partial charge in [0.05, 0.1) is 6.54 Å². The molecule has 0 saturated carbocycles. The maximum Gasteiger partial charge on any atom is 0.314 e. The molecule has 1 rings (SSSR count). The van der Waals surface area contributed by atoms with Gasteiger partial charge in [0.1, 0.15) is 12.4 Å². The second-order valence-corrected chi connectivity index (χ2v) is 3.60. The van der Waals surface area contributed by atoms with Crippen molar-refractivity contribution in [3.8, 4) is 5.75 Å². The van der Waals surface area contributed by atoms with Crippen molar-refractivity contribution in [1.82, 2.24) is 10.6 Å². The highest BCUT2D eigenvalue weighted by molar-refractivity contribution is 5.73. The number of urea groups is 1. The minimum atomic E-state index is -0.159. The summed E-state index contributed by atoms with van der Waals surface area (Å²) in [4.78, 5) is 11.2. The number of ether oxygens (including phenoxy) is 1. The van der Waals surface area contributed by atoms with Crippen LogP contribution in [-0.4, -0.2) is 25.7 Å². The predicted molar refractivity (Wildman–Crippen MR) is 68.0 cm³/mol. The van der Waals surface area contributed by atoms with E-state index in [1.807, 2.05) is 6.92 Å². The van der Waals surface area contributed by atoms with Crippen LogP contribution in [-0.2, 0) is 0 Å². The molecule has 94 valence electrons. The van der Waals surface area contributed by atoms with Gasteiger partial charge in [-0.3, -0.25) is 0 Å². The fraction of sp³-hybridized carbons (Fsp3) is 0.417. The summed E-state index contributed by atoms with van der Waals surface area (Å²) in [6, 6.07) is 6.99. The number of amides is 2. The number of carbonyl (C=O) groups excluding carboxylic acids is 1. The number of hydrogen-bond donors (Lipinski definition) is 3. The Morgan fingerprint density at radius 2 is 1.88 bits per heavy atom. The summed E-state index contributed by atoms with van der Waals surface area (Å²) in [6.45, 7) is 3.60. The monoisotopic (exact) mass is 237 g/mol. The number of nitrogen functional groups attached to an aromatic ring is 1. The fourth-order valence-corrected chi connectivity index (χ4v) is 1.20. The SMILES string of the molecule is CCCNC(=O)NCCOc1ccc(N)cc1. The highest BCUT2D eigenvalue weighted by Gasteiger charge is 1.97. The fourth-order valence-electron chi connectivity index (χ4n) is 1.20. The molecule has 1 aromatic rings. The number of carbonyl (C=O) groups is 1. The molecule has 5 heteroatoms. The largest absolute Gasteiger partial charge is 0.492 e. The van der Waals surface area contributed by atoms with Crippen molar-refractivity contribution in [2.45, 2.75) is 13.3 Å². The van der Waals surface area contributed by atoms with Crippen LogP contribution in [0.5, 0.6) is 5.75 Å². The van der Waals surface area contributed by atoms with Crippen LogP contribution in [0.15, 0.2) is 24.3 Å². The molecule has 0 aliphatic heterocycles. The van der Waals surface area contributed by atoms with Gasteiger partial charge in [-0.15, -0.1) is 0 Å². The Morgan fingerprint density at radius 3 is 2.53 bits per heavy atom. The van der Waals surface area contributed by atoms with Crippen molar-refractivity contribution >= 4 is 11.7 Å². The Bertz CT molecular complexity index is 338. The Kier molecular flexibility index (Phi) is 5.71. The zero-order valence-electron chi connectivity index (χ0n) is 10.0.